The summed E-state index contributed by atoms with van der Waals surface area (Å²) in [5.74, 6) is -1.03. The summed E-state index contributed by atoms with van der Waals surface area (Å²) in [5.41, 5.74) is 2.13. The van der Waals surface area contributed by atoms with E-state index in [1.165, 1.54) is 0 Å². The molecule has 0 saturated heterocycles. The van der Waals surface area contributed by atoms with Crippen LogP contribution in [0, 0.1) is 0 Å². The summed E-state index contributed by atoms with van der Waals surface area (Å²) < 4.78 is 6.37. The van der Waals surface area contributed by atoms with Gasteiger partial charge in [-0.25, -0.2) is 4.79 Å². The first-order valence-corrected chi connectivity index (χ1v) is 4.59. The second-order valence-corrected chi connectivity index (χ2v) is 3.45. The minimum absolute atomic E-state index is 0.168. The van der Waals surface area contributed by atoms with E-state index in [0.29, 0.717) is 5.56 Å². The van der Waals surface area contributed by atoms with E-state index in [9.17, 15) is 9.59 Å². The lowest BCUT2D eigenvalue weighted by Crippen LogP contribution is -2.21. The van der Waals surface area contributed by atoms with Crippen LogP contribution in [-0.2, 0) is 16.0 Å². The molecule has 0 spiro atoms. The molecular weight excluding hydrogens is 194 g/mol. The van der Waals surface area contributed by atoms with Crippen molar-refractivity contribution in [1.82, 2.24) is 4.40 Å². The van der Waals surface area contributed by atoms with Gasteiger partial charge in [-0.05, 0) is 12.1 Å². The summed E-state index contributed by atoms with van der Waals surface area (Å²) in [6.07, 6.45) is 3.70. The van der Waals surface area contributed by atoms with E-state index >= 15 is 0 Å². The van der Waals surface area contributed by atoms with Crippen LogP contribution >= 0.6 is 0 Å². The molecular formula is C11H7NO3. The number of pyridine rings is 1. The Balaban J connectivity index is 2.36. The number of carbonyl (C=O) groups is 2. The van der Waals surface area contributed by atoms with E-state index in [1.807, 2.05) is 28.8 Å². The molecule has 74 valence electrons. The third-order valence-corrected chi connectivity index (χ3v) is 2.54. The van der Waals surface area contributed by atoms with Gasteiger partial charge in [0.2, 0.25) is 0 Å². The number of esters is 2. The average Bonchev–Trinajstić information content (AvgIpc) is 2.57. The molecule has 0 amide bonds. The Kier molecular flexibility index (Phi) is 1.48. The first-order chi connectivity index (χ1) is 7.25. The number of hydrogen-bond acceptors (Lipinski definition) is 3. The van der Waals surface area contributed by atoms with E-state index < -0.39 is 11.9 Å². The maximum atomic E-state index is 11.4. The zero-order valence-electron chi connectivity index (χ0n) is 7.77. The van der Waals surface area contributed by atoms with Crippen molar-refractivity contribution in [3.63, 3.8) is 0 Å². The van der Waals surface area contributed by atoms with Crippen LogP contribution in [0.4, 0.5) is 0 Å². The molecule has 0 saturated carbocycles. The Morgan fingerprint density at radius 1 is 1.27 bits per heavy atom. The highest BCUT2D eigenvalue weighted by atomic mass is 16.6. The molecule has 0 atom stereocenters. The van der Waals surface area contributed by atoms with Crippen LogP contribution < -0.4 is 0 Å². The van der Waals surface area contributed by atoms with Crippen LogP contribution in [0.15, 0.2) is 30.6 Å². The number of ether oxygens (including phenoxy) is 1. The van der Waals surface area contributed by atoms with Crippen LogP contribution in [-0.4, -0.2) is 16.3 Å². The van der Waals surface area contributed by atoms with E-state index in [2.05, 4.69) is 4.74 Å². The Morgan fingerprint density at radius 3 is 3.00 bits per heavy atom. The lowest BCUT2D eigenvalue weighted by molar-refractivity contribution is -0.137. The van der Waals surface area contributed by atoms with Crippen LogP contribution in [0.3, 0.4) is 0 Å². The number of carbonyl (C=O) groups excluding carboxylic acids is 2. The molecule has 2 aromatic heterocycles. The zero-order valence-corrected chi connectivity index (χ0v) is 7.77. The van der Waals surface area contributed by atoms with Gasteiger partial charge >= 0.3 is 11.9 Å². The highest BCUT2D eigenvalue weighted by Crippen LogP contribution is 2.23. The Labute approximate surface area is 85.1 Å². The molecule has 4 nitrogen and oxygen atoms in total. The van der Waals surface area contributed by atoms with Gasteiger partial charge in [-0.2, -0.15) is 0 Å². The van der Waals surface area contributed by atoms with Crippen molar-refractivity contribution in [3.8, 4) is 0 Å². The van der Waals surface area contributed by atoms with E-state index in [0.717, 1.165) is 11.1 Å². The SMILES string of the molecule is O=C1Cc2c(cn3ccccc23)C(=O)O1. The second-order valence-electron chi connectivity index (χ2n) is 3.45. The molecule has 0 aromatic carbocycles. The molecule has 0 bridgehead atoms. The van der Waals surface area contributed by atoms with E-state index in [4.69, 9.17) is 0 Å². The highest BCUT2D eigenvalue weighted by molar-refractivity contribution is 6.04. The highest BCUT2D eigenvalue weighted by Gasteiger charge is 2.27. The standard InChI is InChI=1S/C11H7NO3/c13-10-5-7-8(11(14)15-10)6-12-4-2-1-3-9(7)12/h1-4,6H,5H2. The molecule has 2 aromatic rings. The van der Waals surface area contributed by atoms with Gasteiger partial charge in [0.1, 0.15) is 0 Å². The molecule has 1 aliphatic rings. The first-order valence-electron chi connectivity index (χ1n) is 4.59. The second kappa shape index (κ2) is 2.70. The van der Waals surface area contributed by atoms with Crippen molar-refractivity contribution >= 4 is 17.5 Å². The smallest absolute Gasteiger partial charge is 0.347 e. The lowest BCUT2D eigenvalue weighted by atomic mass is 10.1. The van der Waals surface area contributed by atoms with Crippen molar-refractivity contribution < 1.29 is 14.3 Å². The summed E-state index contributed by atoms with van der Waals surface area (Å²) in [6.45, 7) is 0. The minimum atomic E-state index is -0.551. The number of aromatic nitrogens is 1. The zero-order chi connectivity index (χ0) is 10.4. The number of nitrogens with zero attached hydrogens (tertiary/aromatic N) is 1. The maximum Gasteiger partial charge on any atom is 0.347 e. The number of rotatable bonds is 0. The van der Waals surface area contributed by atoms with Gasteiger partial charge in [-0.3, -0.25) is 4.79 Å². The third-order valence-electron chi connectivity index (χ3n) is 2.54. The van der Waals surface area contributed by atoms with Crippen molar-refractivity contribution in [2.24, 2.45) is 0 Å². The summed E-state index contributed by atoms with van der Waals surface area (Å²) in [7, 11) is 0. The largest absolute Gasteiger partial charge is 0.389 e. The number of hydrogen-bond donors (Lipinski definition) is 0. The minimum Gasteiger partial charge on any atom is -0.389 e. The molecule has 1 aliphatic heterocycles. The predicted molar refractivity (Wildman–Crippen MR) is 51.5 cm³/mol. The van der Waals surface area contributed by atoms with E-state index in [1.54, 1.807) is 6.20 Å². The van der Waals surface area contributed by atoms with Crippen molar-refractivity contribution in [3.05, 3.63) is 41.7 Å². The summed E-state index contributed by atoms with van der Waals surface area (Å²) in [4.78, 5) is 22.5. The van der Waals surface area contributed by atoms with Gasteiger partial charge in [0.25, 0.3) is 0 Å². The Morgan fingerprint density at radius 2 is 2.13 bits per heavy atom. The lowest BCUT2D eigenvalue weighted by Gasteiger charge is -2.09. The fourth-order valence-corrected chi connectivity index (χ4v) is 1.88. The quantitative estimate of drug-likeness (QED) is 0.475. The molecule has 3 rings (SSSR count). The summed E-state index contributed by atoms with van der Waals surface area (Å²) in [5, 5.41) is 0. The van der Waals surface area contributed by atoms with Gasteiger partial charge in [-0.1, -0.05) is 6.07 Å². The van der Waals surface area contributed by atoms with Gasteiger partial charge in [0.15, 0.2) is 0 Å². The van der Waals surface area contributed by atoms with Crippen molar-refractivity contribution in [2.75, 3.05) is 0 Å². The maximum absolute atomic E-state index is 11.4. The molecule has 0 aliphatic carbocycles. The fraction of sp³-hybridized carbons (Fsp3) is 0.0909. The number of cyclic esters (lactones) is 2. The van der Waals surface area contributed by atoms with Gasteiger partial charge in [-0.15, -0.1) is 0 Å². The number of fused-ring (bicyclic) bond motifs is 3. The molecule has 3 heterocycles. The Hall–Kier alpha value is -2.10. The van der Waals surface area contributed by atoms with Crippen molar-refractivity contribution in [2.45, 2.75) is 6.42 Å². The third kappa shape index (κ3) is 1.08. The molecule has 15 heavy (non-hydrogen) atoms. The van der Waals surface area contributed by atoms with Crippen LogP contribution in [0.1, 0.15) is 15.9 Å². The molecule has 4 heteroatoms. The predicted octanol–water partition coefficient (Wildman–Crippen LogP) is 1.18. The van der Waals surface area contributed by atoms with Crippen molar-refractivity contribution in [1.29, 1.82) is 0 Å². The average molecular weight is 201 g/mol. The summed E-state index contributed by atoms with van der Waals surface area (Å²) >= 11 is 0. The molecule has 0 N–H and O–H groups in total. The topological polar surface area (TPSA) is 47.8 Å². The van der Waals surface area contributed by atoms with Gasteiger partial charge in [0.05, 0.1) is 12.0 Å². The normalized spacial score (nSPS) is 15.2. The van der Waals surface area contributed by atoms with Crippen LogP contribution in [0.5, 0.6) is 0 Å². The van der Waals surface area contributed by atoms with E-state index in [-0.39, 0.29) is 6.42 Å². The van der Waals surface area contributed by atoms with Crippen LogP contribution in [0.25, 0.3) is 5.52 Å². The first kappa shape index (κ1) is 8.23. The van der Waals surface area contributed by atoms with Gasteiger partial charge < -0.3 is 9.14 Å². The van der Waals surface area contributed by atoms with Gasteiger partial charge in [0, 0.05) is 23.5 Å². The Bertz CT molecular complexity index is 583. The molecule has 0 unspecified atom stereocenters. The molecule has 0 fully saturated rings. The summed E-state index contributed by atoms with van der Waals surface area (Å²) in [6, 6.07) is 5.62. The fourth-order valence-electron chi connectivity index (χ4n) is 1.88. The monoisotopic (exact) mass is 201 g/mol. The van der Waals surface area contributed by atoms with Crippen LogP contribution in [0.2, 0.25) is 0 Å². The molecule has 0 radical (unpaired) electrons.